The molecule has 0 aliphatic rings. The number of aryl methyl sites for hydroxylation is 1. The van der Waals surface area contributed by atoms with Crippen LogP contribution in [0, 0.1) is 0 Å². The number of thiophene rings is 1. The second-order valence-corrected chi connectivity index (χ2v) is 9.91. The van der Waals surface area contributed by atoms with Crippen LogP contribution < -0.4 is 0 Å². The van der Waals surface area contributed by atoms with Gasteiger partial charge in [-0.3, -0.25) is 0 Å². The number of hydrogen-bond donors (Lipinski definition) is 0. The van der Waals surface area contributed by atoms with Gasteiger partial charge in [-0.05, 0) is 48.4 Å². The molecule has 4 heteroatoms. The van der Waals surface area contributed by atoms with Crippen molar-refractivity contribution >= 4 is 85.3 Å². The van der Waals surface area contributed by atoms with E-state index in [1.165, 1.54) is 41.0 Å². The molecule has 0 unspecified atom stereocenters. The number of benzene rings is 4. The second-order valence-electron chi connectivity index (χ2n) is 7.11. The zero-order valence-electron chi connectivity index (χ0n) is 16.3. The van der Waals surface area contributed by atoms with Gasteiger partial charge in [0.2, 0.25) is 0 Å². The summed E-state index contributed by atoms with van der Waals surface area (Å²) in [4.78, 5) is 0. The summed E-state index contributed by atoms with van der Waals surface area (Å²) in [6.45, 7) is 2.15. The van der Waals surface area contributed by atoms with Gasteiger partial charge in [-0.2, -0.15) is 0 Å². The third-order valence-electron chi connectivity index (χ3n) is 5.25. The fourth-order valence-corrected chi connectivity index (χ4v) is 6.34. The number of rotatable bonds is 1. The van der Waals surface area contributed by atoms with Crippen molar-refractivity contribution in [3.05, 3.63) is 93.4 Å². The van der Waals surface area contributed by atoms with Gasteiger partial charge in [-0.25, -0.2) is 0 Å². The van der Waals surface area contributed by atoms with Crippen LogP contribution in [0.5, 0.6) is 0 Å². The minimum Gasteiger partial charge on any atom is -0.456 e. The molecular formula is C26H18Br2OS. The summed E-state index contributed by atoms with van der Waals surface area (Å²) in [6, 6.07) is 27.3. The predicted octanol–water partition coefficient (Wildman–Crippen LogP) is 9.73. The molecule has 0 radical (unpaired) electrons. The number of furan rings is 1. The highest BCUT2D eigenvalue weighted by atomic mass is 79.9. The average Bonchev–Trinajstić information content (AvgIpc) is 3.33. The summed E-state index contributed by atoms with van der Waals surface area (Å²) in [5.41, 5.74) is 3.21. The fourth-order valence-electron chi connectivity index (χ4n) is 3.79. The Morgan fingerprint density at radius 1 is 0.700 bits per heavy atom. The molecule has 0 spiro atoms. The first-order chi connectivity index (χ1) is 14.7. The highest BCUT2D eigenvalue weighted by Gasteiger charge is 2.10. The van der Waals surface area contributed by atoms with Gasteiger partial charge in [-0.15, -0.1) is 11.3 Å². The van der Waals surface area contributed by atoms with Gasteiger partial charge < -0.3 is 4.42 Å². The van der Waals surface area contributed by atoms with Crippen molar-refractivity contribution in [2.45, 2.75) is 13.3 Å². The maximum atomic E-state index is 5.85. The number of halogens is 2. The van der Waals surface area contributed by atoms with E-state index in [-0.39, 0.29) is 0 Å². The number of para-hydroxylation sites is 1. The van der Waals surface area contributed by atoms with Crippen LogP contribution >= 0.6 is 43.2 Å². The highest BCUT2D eigenvalue weighted by molar-refractivity contribution is 9.11. The molecule has 2 heterocycles. The zero-order chi connectivity index (χ0) is 20.7. The minimum absolute atomic E-state index is 0.950. The lowest BCUT2D eigenvalue weighted by molar-refractivity contribution is 0.668. The van der Waals surface area contributed by atoms with E-state index >= 15 is 0 Å². The Balaban J connectivity index is 0.000000130. The standard InChI is InChI=1S/C14H11BrO.C12H7BrS/c1-2-9-7-11(15)14-10-5-3-4-6-12(10)16-13(14)8-9;13-9-5-3-7-11-12(9)8-4-1-2-6-10(8)14-11/h3-8H,2H2,1H3;1-7H. The predicted molar refractivity (Wildman–Crippen MR) is 138 cm³/mol. The van der Waals surface area contributed by atoms with Crippen LogP contribution in [0.1, 0.15) is 12.5 Å². The van der Waals surface area contributed by atoms with Gasteiger partial charge in [0, 0.05) is 39.9 Å². The van der Waals surface area contributed by atoms with Crippen molar-refractivity contribution in [2.24, 2.45) is 0 Å². The van der Waals surface area contributed by atoms with Gasteiger partial charge in [0.1, 0.15) is 11.2 Å². The Labute approximate surface area is 195 Å². The van der Waals surface area contributed by atoms with Crippen molar-refractivity contribution < 1.29 is 4.42 Å². The fraction of sp³-hybridized carbons (Fsp3) is 0.0769. The Hall–Kier alpha value is -2.14. The number of fused-ring (bicyclic) bond motifs is 6. The maximum absolute atomic E-state index is 5.85. The van der Waals surface area contributed by atoms with Gasteiger partial charge in [-0.1, -0.05) is 81.2 Å². The monoisotopic (exact) mass is 536 g/mol. The molecule has 6 rings (SSSR count). The summed E-state index contributed by atoms with van der Waals surface area (Å²) in [7, 11) is 0. The summed E-state index contributed by atoms with van der Waals surface area (Å²) >= 11 is 9.08. The van der Waals surface area contributed by atoms with Crippen molar-refractivity contribution in [1.29, 1.82) is 0 Å². The van der Waals surface area contributed by atoms with Gasteiger partial charge in [0.15, 0.2) is 0 Å². The second kappa shape index (κ2) is 8.18. The zero-order valence-corrected chi connectivity index (χ0v) is 20.3. The van der Waals surface area contributed by atoms with Crippen molar-refractivity contribution in [1.82, 2.24) is 0 Å². The topological polar surface area (TPSA) is 13.1 Å². The van der Waals surface area contributed by atoms with E-state index in [1.54, 1.807) is 0 Å². The van der Waals surface area contributed by atoms with Crippen LogP contribution in [0.4, 0.5) is 0 Å². The van der Waals surface area contributed by atoms with E-state index in [4.69, 9.17) is 4.42 Å². The third-order valence-corrected chi connectivity index (χ3v) is 7.67. The molecule has 0 amide bonds. The first-order valence-corrected chi connectivity index (χ1v) is 12.2. The Bertz CT molecular complexity index is 1510. The normalized spacial score (nSPS) is 11.3. The molecule has 0 saturated heterocycles. The van der Waals surface area contributed by atoms with Crippen LogP contribution in [-0.2, 0) is 6.42 Å². The molecule has 1 nitrogen and oxygen atoms in total. The van der Waals surface area contributed by atoms with Crippen molar-refractivity contribution in [3.63, 3.8) is 0 Å². The summed E-state index contributed by atoms with van der Waals surface area (Å²) in [5.74, 6) is 0. The molecule has 0 fully saturated rings. The van der Waals surface area contributed by atoms with Gasteiger partial charge in [0.25, 0.3) is 0 Å². The smallest absolute Gasteiger partial charge is 0.136 e. The Morgan fingerprint density at radius 2 is 1.43 bits per heavy atom. The maximum Gasteiger partial charge on any atom is 0.136 e. The number of hydrogen-bond acceptors (Lipinski definition) is 2. The van der Waals surface area contributed by atoms with Gasteiger partial charge >= 0.3 is 0 Å². The molecule has 0 N–H and O–H groups in total. The summed E-state index contributed by atoms with van der Waals surface area (Å²) < 4.78 is 10.9. The minimum atomic E-state index is 0.950. The molecular weight excluding hydrogens is 520 g/mol. The average molecular weight is 538 g/mol. The molecule has 0 aliphatic carbocycles. The largest absolute Gasteiger partial charge is 0.456 e. The lowest BCUT2D eigenvalue weighted by Gasteiger charge is -1.99. The van der Waals surface area contributed by atoms with Crippen LogP contribution in [0.3, 0.4) is 0 Å². The molecule has 0 atom stereocenters. The molecule has 0 bridgehead atoms. The van der Waals surface area contributed by atoms with Crippen LogP contribution in [-0.4, -0.2) is 0 Å². The Kier molecular flexibility index (Phi) is 5.40. The summed E-state index contributed by atoms with van der Waals surface area (Å²) in [5, 5.41) is 5.04. The van der Waals surface area contributed by atoms with Crippen LogP contribution in [0.25, 0.3) is 42.1 Å². The molecule has 0 saturated carbocycles. The van der Waals surface area contributed by atoms with Crippen molar-refractivity contribution in [2.75, 3.05) is 0 Å². The Morgan fingerprint density at radius 3 is 2.27 bits per heavy atom. The molecule has 2 aromatic heterocycles. The molecule has 4 aromatic carbocycles. The van der Waals surface area contributed by atoms with E-state index in [2.05, 4.69) is 99.4 Å². The van der Waals surface area contributed by atoms with Crippen LogP contribution in [0.15, 0.2) is 92.2 Å². The lowest BCUT2D eigenvalue weighted by Crippen LogP contribution is -1.79. The van der Waals surface area contributed by atoms with E-state index < -0.39 is 0 Å². The summed E-state index contributed by atoms with van der Waals surface area (Å²) in [6.07, 6.45) is 1.02. The quantitative estimate of drug-likeness (QED) is 0.203. The highest BCUT2D eigenvalue weighted by Crippen LogP contribution is 2.38. The van der Waals surface area contributed by atoms with Crippen molar-refractivity contribution in [3.8, 4) is 0 Å². The van der Waals surface area contributed by atoms with Crippen LogP contribution in [0.2, 0.25) is 0 Å². The lowest BCUT2D eigenvalue weighted by atomic mass is 10.1. The SMILES string of the molecule is Brc1cccc2sc3ccccc3c12.CCc1cc(Br)c2c(c1)oc1ccccc12. The van der Waals surface area contributed by atoms with Gasteiger partial charge in [0.05, 0.1) is 0 Å². The van der Waals surface area contributed by atoms with E-state index in [9.17, 15) is 0 Å². The van der Waals surface area contributed by atoms with E-state index in [0.717, 1.165) is 22.1 Å². The first kappa shape index (κ1) is 19.8. The van der Waals surface area contributed by atoms with E-state index in [1.807, 2.05) is 29.5 Å². The third kappa shape index (κ3) is 3.47. The molecule has 148 valence electrons. The van der Waals surface area contributed by atoms with E-state index in [0.29, 0.717) is 0 Å². The molecule has 6 aromatic rings. The molecule has 0 aliphatic heterocycles. The first-order valence-electron chi connectivity index (χ1n) is 9.81. The molecule has 30 heavy (non-hydrogen) atoms.